The maximum Gasteiger partial charge on any atom is 0.0997 e. The van der Waals surface area contributed by atoms with Gasteiger partial charge < -0.3 is 4.74 Å². The Hall–Kier alpha value is -0.0300. The van der Waals surface area contributed by atoms with Crippen LogP contribution in [0.1, 0.15) is 26.3 Å². The van der Waals surface area contributed by atoms with Gasteiger partial charge in [-0.3, -0.25) is 0 Å². The van der Waals surface area contributed by atoms with Gasteiger partial charge in [0.1, 0.15) is 0 Å². The summed E-state index contributed by atoms with van der Waals surface area (Å²) in [6, 6.07) is 8.44. The summed E-state index contributed by atoms with van der Waals surface area (Å²) in [5.41, 5.74) is 1.26. The molecule has 17 heavy (non-hydrogen) atoms. The van der Waals surface area contributed by atoms with Crippen LogP contribution in [0.15, 0.2) is 28.7 Å². The van der Waals surface area contributed by atoms with Crippen molar-refractivity contribution in [1.82, 2.24) is 4.72 Å². The van der Waals surface area contributed by atoms with Gasteiger partial charge in [0, 0.05) is 9.22 Å². The zero-order valence-corrected chi connectivity index (χ0v) is 12.8. The molecule has 1 aliphatic heterocycles. The molecule has 4 heteroatoms. The van der Waals surface area contributed by atoms with Crippen LogP contribution in [-0.4, -0.2) is 18.0 Å². The van der Waals surface area contributed by atoms with Crippen molar-refractivity contribution in [3.05, 3.63) is 34.3 Å². The van der Waals surface area contributed by atoms with Crippen molar-refractivity contribution >= 4 is 27.9 Å². The van der Waals surface area contributed by atoms with Crippen LogP contribution in [0.2, 0.25) is 0 Å². The van der Waals surface area contributed by atoms with E-state index in [2.05, 4.69) is 59.6 Å². The third-order valence-corrected chi connectivity index (χ3v) is 4.23. The van der Waals surface area contributed by atoms with Crippen molar-refractivity contribution in [3.8, 4) is 0 Å². The average molecular weight is 316 g/mol. The van der Waals surface area contributed by atoms with E-state index in [4.69, 9.17) is 4.74 Å². The standard InChI is InChI=1S/C13H18BrNOS/c1-12(2,3)17-15-13(8-16-9-13)10-5-4-6-11(14)7-10/h4-7,15H,8-9H2,1-3H3. The third-order valence-electron chi connectivity index (χ3n) is 2.63. The van der Waals surface area contributed by atoms with Crippen molar-refractivity contribution in [2.24, 2.45) is 0 Å². The van der Waals surface area contributed by atoms with Gasteiger partial charge in [-0.15, -0.1) is 0 Å². The summed E-state index contributed by atoms with van der Waals surface area (Å²) in [6.45, 7) is 8.11. The molecule has 1 fully saturated rings. The Morgan fingerprint density at radius 1 is 1.35 bits per heavy atom. The number of rotatable bonds is 3. The fourth-order valence-electron chi connectivity index (χ4n) is 1.63. The lowest BCUT2D eigenvalue weighted by molar-refractivity contribution is -0.0652. The van der Waals surface area contributed by atoms with Crippen LogP contribution in [-0.2, 0) is 10.3 Å². The molecular weight excluding hydrogens is 298 g/mol. The molecule has 1 aromatic carbocycles. The molecule has 2 nitrogen and oxygen atoms in total. The summed E-state index contributed by atoms with van der Waals surface area (Å²) in [5.74, 6) is 0. The summed E-state index contributed by atoms with van der Waals surface area (Å²) in [7, 11) is 0. The molecule has 1 aliphatic rings. The number of halogens is 1. The third kappa shape index (κ3) is 3.25. The Morgan fingerprint density at radius 2 is 2.06 bits per heavy atom. The van der Waals surface area contributed by atoms with E-state index < -0.39 is 0 Å². The van der Waals surface area contributed by atoms with E-state index >= 15 is 0 Å². The molecule has 0 saturated carbocycles. The smallest absolute Gasteiger partial charge is 0.0997 e. The Morgan fingerprint density at radius 3 is 2.53 bits per heavy atom. The summed E-state index contributed by atoms with van der Waals surface area (Å²) < 4.78 is 10.3. The molecule has 0 amide bonds. The highest BCUT2D eigenvalue weighted by atomic mass is 79.9. The zero-order chi connectivity index (χ0) is 12.5. The second kappa shape index (κ2) is 4.92. The van der Waals surface area contributed by atoms with E-state index in [0.29, 0.717) is 0 Å². The van der Waals surface area contributed by atoms with Gasteiger partial charge in [-0.2, -0.15) is 0 Å². The first-order valence-corrected chi connectivity index (χ1v) is 7.31. The van der Waals surface area contributed by atoms with Gasteiger partial charge in [-0.25, -0.2) is 4.72 Å². The molecule has 1 aromatic rings. The molecule has 1 saturated heterocycles. The van der Waals surface area contributed by atoms with E-state index in [1.165, 1.54) is 5.56 Å². The predicted molar refractivity (Wildman–Crippen MR) is 77.1 cm³/mol. The van der Waals surface area contributed by atoms with Gasteiger partial charge in [0.15, 0.2) is 0 Å². The lowest BCUT2D eigenvalue weighted by Gasteiger charge is -2.43. The summed E-state index contributed by atoms with van der Waals surface area (Å²) >= 11 is 5.29. The highest BCUT2D eigenvalue weighted by molar-refractivity contribution is 9.10. The highest BCUT2D eigenvalue weighted by Gasteiger charge is 2.41. The molecule has 0 spiro atoms. The van der Waals surface area contributed by atoms with Gasteiger partial charge in [0.2, 0.25) is 0 Å². The molecule has 1 N–H and O–H groups in total. The molecule has 0 radical (unpaired) electrons. The van der Waals surface area contributed by atoms with E-state index in [9.17, 15) is 0 Å². The Kier molecular flexibility index (Phi) is 3.88. The molecule has 0 unspecified atom stereocenters. The van der Waals surface area contributed by atoms with Gasteiger partial charge in [-0.1, -0.05) is 40.0 Å². The first-order chi connectivity index (χ1) is 7.91. The van der Waals surface area contributed by atoms with Crippen LogP contribution in [0.3, 0.4) is 0 Å². The van der Waals surface area contributed by atoms with Gasteiger partial charge in [-0.05, 0) is 38.5 Å². The fraction of sp³-hybridized carbons (Fsp3) is 0.538. The van der Waals surface area contributed by atoms with E-state index in [0.717, 1.165) is 17.7 Å². The van der Waals surface area contributed by atoms with Crippen molar-refractivity contribution in [2.75, 3.05) is 13.2 Å². The molecule has 1 heterocycles. The number of hydrogen-bond acceptors (Lipinski definition) is 3. The molecule has 0 aromatic heterocycles. The minimum atomic E-state index is -0.0261. The first kappa shape index (κ1) is 13.4. The minimum Gasteiger partial charge on any atom is -0.377 e. The molecule has 94 valence electrons. The quantitative estimate of drug-likeness (QED) is 0.859. The topological polar surface area (TPSA) is 21.3 Å². The van der Waals surface area contributed by atoms with Crippen molar-refractivity contribution in [2.45, 2.75) is 31.1 Å². The van der Waals surface area contributed by atoms with Crippen LogP contribution in [0, 0.1) is 0 Å². The van der Waals surface area contributed by atoms with Crippen molar-refractivity contribution in [3.63, 3.8) is 0 Å². The van der Waals surface area contributed by atoms with Gasteiger partial charge >= 0.3 is 0 Å². The minimum absolute atomic E-state index is 0.0261. The number of ether oxygens (including phenoxy) is 1. The molecule has 0 bridgehead atoms. The normalized spacial score (nSPS) is 18.8. The van der Waals surface area contributed by atoms with Crippen LogP contribution in [0.5, 0.6) is 0 Å². The summed E-state index contributed by atoms with van der Waals surface area (Å²) in [5, 5.41) is 0. The van der Waals surface area contributed by atoms with Crippen molar-refractivity contribution < 1.29 is 4.74 Å². The molecule has 0 aliphatic carbocycles. The second-order valence-corrected chi connectivity index (χ2v) is 7.95. The zero-order valence-electron chi connectivity index (χ0n) is 10.4. The van der Waals surface area contributed by atoms with Crippen LogP contribution >= 0.6 is 27.9 Å². The van der Waals surface area contributed by atoms with E-state index in [-0.39, 0.29) is 10.3 Å². The van der Waals surface area contributed by atoms with E-state index in [1.807, 2.05) is 6.07 Å². The fourth-order valence-corrected chi connectivity index (χ4v) is 2.76. The second-order valence-electron chi connectivity index (χ2n) is 5.40. The van der Waals surface area contributed by atoms with Crippen molar-refractivity contribution in [1.29, 1.82) is 0 Å². The Bertz CT molecular complexity index is 399. The van der Waals surface area contributed by atoms with Crippen LogP contribution < -0.4 is 4.72 Å². The van der Waals surface area contributed by atoms with Gasteiger partial charge in [0.25, 0.3) is 0 Å². The number of benzene rings is 1. The predicted octanol–water partition coefficient (Wildman–Crippen LogP) is 3.71. The number of nitrogens with one attached hydrogen (secondary N) is 1. The SMILES string of the molecule is CC(C)(C)SNC1(c2cccc(Br)c2)COC1. The molecule has 0 atom stereocenters. The molecule has 2 rings (SSSR count). The monoisotopic (exact) mass is 315 g/mol. The summed E-state index contributed by atoms with van der Waals surface area (Å²) in [6.07, 6.45) is 0. The van der Waals surface area contributed by atoms with Crippen LogP contribution in [0.4, 0.5) is 0 Å². The Labute approximate surface area is 116 Å². The lowest BCUT2D eigenvalue weighted by Crippen LogP contribution is -2.55. The highest BCUT2D eigenvalue weighted by Crippen LogP contribution is 2.35. The summed E-state index contributed by atoms with van der Waals surface area (Å²) in [4.78, 5) is 0. The molecular formula is C13H18BrNOS. The maximum absolute atomic E-state index is 5.41. The van der Waals surface area contributed by atoms with Crippen LogP contribution in [0.25, 0.3) is 0 Å². The Balaban J connectivity index is 2.14. The number of hydrogen-bond donors (Lipinski definition) is 1. The van der Waals surface area contributed by atoms with E-state index in [1.54, 1.807) is 11.9 Å². The maximum atomic E-state index is 5.41. The van der Waals surface area contributed by atoms with Gasteiger partial charge in [0.05, 0.1) is 18.8 Å². The lowest BCUT2D eigenvalue weighted by atomic mass is 9.89. The average Bonchev–Trinajstić information content (AvgIpc) is 2.14. The largest absolute Gasteiger partial charge is 0.377 e. The first-order valence-electron chi connectivity index (χ1n) is 5.70.